The molecule has 2 aliphatic rings. The Bertz CT molecular complexity index is 319. The van der Waals surface area contributed by atoms with Crippen LogP contribution in [-0.2, 0) is 4.79 Å². The van der Waals surface area contributed by atoms with Crippen LogP contribution in [0.3, 0.4) is 0 Å². The van der Waals surface area contributed by atoms with Gasteiger partial charge in [0, 0.05) is 12.6 Å². The molecule has 0 aromatic rings. The summed E-state index contributed by atoms with van der Waals surface area (Å²) in [5, 5.41) is 12.0. The summed E-state index contributed by atoms with van der Waals surface area (Å²) in [6.45, 7) is 2.39. The third-order valence-corrected chi connectivity index (χ3v) is 3.94. The highest BCUT2D eigenvalue weighted by Gasteiger charge is 2.47. The van der Waals surface area contributed by atoms with Gasteiger partial charge in [-0.15, -0.1) is 0 Å². The molecule has 0 aromatic carbocycles. The van der Waals surface area contributed by atoms with Crippen LogP contribution in [0.15, 0.2) is 0 Å². The molecule has 17 heavy (non-hydrogen) atoms. The van der Waals surface area contributed by atoms with E-state index in [0.29, 0.717) is 18.9 Å². The molecule has 1 aliphatic heterocycles. The van der Waals surface area contributed by atoms with Gasteiger partial charge in [-0.1, -0.05) is 12.8 Å². The molecule has 96 valence electrons. The molecule has 1 heterocycles. The Morgan fingerprint density at radius 2 is 2.06 bits per heavy atom. The topological polar surface area (TPSA) is 69.6 Å². The van der Waals surface area contributed by atoms with Crippen molar-refractivity contribution in [3.8, 4) is 0 Å². The number of nitrogens with zero attached hydrogens (tertiary/aromatic N) is 1. The van der Waals surface area contributed by atoms with Crippen molar-refractivity contribution in [3.63, 3.8) is 0 Å². The van der Waals surface area contributed by atoms with Crippen LogP contribution in [0.5, 0.6) is 0 Å². The van der Waals surface area contributed by atoms with Crippen molar-refractivity contribution in [2.45, 2.75) is 51.1 Å². The summed E-state index contributed by atoms with van der Waals surface area (Å²) in [4.78, 5) is 24.8. The van der Waals surface area contributed by atoms with E-state index in [1.165, 1.54) is 0 Å². The van der Waals surface area contributed by atoms with Crippen molar-refractivity contribution in [2.24, 2.45) is 5.92 Å². The molecule has 0 unspecified atom stereocenters. The van der Waals surface area contributed by atoms with Gasteiger partial charge in [-0.3, -0.25) is 0 Å². The van der Waals surface area contributed by atoms with Crippen LogP contribution in [0.4, 0.5) is 4.79 Å². The molecule has 0 spiro atoms. The molecule has 3 atom stereocenters. The van der Waals surface area contributed by atoms with Crippen LogP contribution in [0, 0.1) is 5.92 Å². The number of carboxylic acid groups (broad SMARTS) is 1. The maximum Gasteiger partial charge on any atom is 0.326 e. The van der Waals surface area contributed by atoms with Crippen molar-refractivity contribution in [1.82, 2.24) is 10.2 Å². The Morgan fingerprint density at radius 3 is 2.71 bits per heavy atom. The SMILES string of the molecule is CCNC(=O)N1[C@H](C(=O)O)C[C@@H]2CCCC[C@@H]21. The highest BCUT2D eigenvalue weighted by molar-refractivity contribution is 5.83. The number of fused-ring (bicyclic) bond motifs is 1. The summed E-state index contributed by atoms with van der Waals surface area (Å²) >= 11 is 0. The Morgan fingerprint density at radius 1 is 1.35 bits per heavy atom. The predicted molar refractivity (Wildman–Crippen MR) is 62.7 cm³/mol. The number of hydrogen-bond donors (Lipinski definition) is 2. The molecular formula is C12H20N2O3. The molecule has 2 rings (SSSR count). The van der Waals surface area contributed by atoms with Crippen molar-refractivity contribution >= 4 is 12.0 Å². The highest BCUT2D eigenvalue weighted by atomic mass is 16.4. The zero-order chi connectivity index (χ0) is 12.4. The van der Waals surface area contributed by atoms with E-state index >= 15 is 0 Å². The molecule has 2 amide bonds. The second-order valence-corrected chi connectivity index (χ2v) is 4.94. The minimum absolute atomic E-state index is 0.136. The average molecular weight is 240 g/mol. The van der Waals surface area contributed by atoms with Crippen molar-refractivity contribution in [1.29, 1.82) is 0 Å². The fourth-order valence-electron chi connectivity index (χ4n) is 3.22. The molecule has 2 fully saturated rings. The molecule has 1 saturated heterocycles. The van der Waals surface area contributed by atoms with Crippen LogP contribution in [0.1, 0.15) is 39.0 Å². The maximum absolute atomic E-state index is 12.0. The Balaban J connectivity index is 2.17. The number of urea groups is 1. The number of aliphatic carboxylic acids is 1. The fourth-order valence-corrected chi connectivity index (χ4v) is 3.22. The summed E-state index contributed by atoms with van der Waals surface area (Å²) < 4.78 is 0. The lowest BCUT2D eigenvalue weighted by Crippen LogP contribution is -2.50. The van der Waals surface area contributed by atoms with Crippen LogP contribution in [-0.4, -0.2) is 40.6 Å². The summed E-state index contributed by atoms with van der Waals surface area (Å²) in [7, 11) is 0. The summed E-state index contributed by atoms with van der Waals surface area (Å²) in [5.41, 5.74) is 0. The maximum atomic E-state index is 12.0. The molecule has 0 bridgehead atoms. The van der Waals surface area contributed by atoms with Gasteiger partial charge in [0.15, 0.2) is 0 Å². The Labute approximate surface area is 101 Å². The van der Waals surface area contributed by atoms with E-state index in [-0.39, 0.29) is 12.1 Å². The fraction of sp³-hybridized carbons (Fsp3) is 0.833. The average Bonchev–Trinajstić information content (AvgIpc) is 2.68. The van der Waals surface area contributed by atoms with E-state index in [9.17, 15) is 14.7 Å². The second kappa shape index (κ2) is 4.94. The molecule has 0 radical (unpaired) electrons. The van der Waals surface area contributed by atoms with E-state index in [4.69, 9.17) is 0 Å². The lowest BCUT2D eigenvalue weighted by molar-refractivity contribution is -0.141. The lowest BCUT2D eigenvalue weighted by Gasteiger charge is -2.32. The minimum atomic E-state index is -0.870. The number of carbonyl (C=O) groups is 2. The van der Waals surface area contributed by atoms with E-state index in [1.54, 1.807) is 4.90 Å². The van der Waals surface area contributed by atoms with Crippen LogP contribution in [0.25, 0.3) is 0 Å². The number of carbonyl (C=O) groups excluding carboxylic acids is 1. The van der Waals surface area contributed by atoms with Gasteiger partial charge in [0.2, 0.25) is 0 Å². The molecule has 1 saturated carbocycles. The standard InChI is InChI=1S/C12H20N2O3/c1-2-13-12(17)14-9-6-4-3-5-8(9)7-10(14)11(15)16/h8-10H,2-7H2,1H3,(H,13,17)(H,15,16)/t8-,9-,10-/m0/s1. The zero-order valence-corrected chi connectivity index (χ0v) is 10.2. The van der Waals surface area contributed by atoms with Crippen molar-refractivity contribution in [3.05, 3.63) is 0 Å². The van der Waals surface area contributed by atoms with Gasteiger partial charge in [0.05, 0.1) is 0 Å². The molecule has 5 nitrogen and oxygen atoms in total. The molecule has 0 aromatic heterocycles. The van der Waals surface area contributed by atoms with Gasteiger partial charge >= 0.3 is 12.0 Å². The third-order valence-electron chi connectivity index (χ3n) is 3.94. The molecule has 1 aliphatic carbocycles. The smallest absolute Gasteiger partial charge is 0.326 e. The van der Waals surface area contributed by atoms with Crippen LogP contribution in [0.2, 0.25) is 0 Å². The van der Waals surface area contributed by atoms with Gasteiger partial charge in [0.25, 0.3) is 0 Å². The number of carboxylic acids is 1. The van der Waals surface area contributed by atoms with Gasteiger partial charge in [-0.25, -0.2) is 9.59 Å². The summed E-state index contributed by atoms with van der Waals surface area (Å²) in [6.07, 6.45) is 4.90. The first-order valence-electron chi connectivity index (χ1n) is 6.44. The predicted octanol–water partition coefficient (Wildman–Crippen LogP) is 1.43. The third kappa shape index (κ3) is 2.23. The number of nitrogens with one attached hydrogen (secondary N) is 1. The molecule has 2 N–H and O–H groups in total. The van der Waals surface area contributed by atoms with Gasteiger partial charge < -0.3 is 15.3 Å². The van der Waals surface area contributed by atoms with Gasteiger partial charge in [-0.05, 0) is 32.1 Å². The minimum Gasteiger partial charge on any atom is -0.480 e. The summed E-state index contributed by atoms with van der Waals surface area (Å²) in [5.74, 6) is -0.488. The van der Waals surface area contributed by atoms with Crippen LogP contribution >= 0.6 is 0 Å². The summed E-state index contributed by atoms with van der Waals surface area (Å²) in [6, 6.07) is -0.708. The number of likely N-dealkylation sites (tertiary alicyclic amines) is 1. The van der Waals surface area contributed by atoms with E-state index in [1.807, 2.05) is 6.92 Å². The largest absolute Gasteiger partial charge is 0.480 e. The Hall–Kier alpha value is -1.26. The van der Waals surface area contributed by atoms with E-state index in [2.05, 4.69) is 5.32 Å². The number of rotatable bonds is 2. The zero-order valence-electron chi connectivity index (χ0n) is 10.2. The first-order chi connectivity index (χ1) is 8.15. The molecular weight excluding hydrogens is 220 g/mol. The second-order valence-electron chi connectivity index (χ2n) is 4.94. The quantitative estimate of drug-likeness (QED) is 0.767. The van der Waals surface area contributed by atoms with Crippen LogP contribution < -0.4 is 5.32 Å². The monoisotopic (exact) mass is 240 g/mol. The van der Waals surface area contributed by atoms with Crippen molar-refractivity contribution in [2.75, 3.05) is 6.54 Å². The first-order valence-corrected chi connectivity index (χ1v) is 6.44. The van der Waals surface area contributed by atoms with E-state index < -0.39 is 12.0 Å². The normalized spacial score (nSPS) is 32.1. The Kier molecular flexibility index (Phi) is 3.54. The van der Waals surface area contributed by atoms with E-state index in [0.717, 1.165) is 25.7 Å². The molecule has 5 heteroatoms. The number of amides is 2. The number of hydrogen-bond acceptors (Lipinski definition) is 2. The van der Waals surface area contributed by atoms with Crippen molar-refractivity contribution < 1.29 is 14.7 Å². The van der Waals surface area contributed by atoms with Gasteiger partial charge in [-0.2, -0.15) is 0 Å². The van der Waals surface area contributed by atoms with Gasteiger partial charge in [0.1, 0.15) is 6.04 Å². The highest BCUT2D eigenvalue weighted by Crippen LogP contribution is 2.39. The lowest BCUT2D eigenvalue weighted by atomic mass is 9.85. The first kappa shape index (κ1) is 12.2.